The molecule has 0 bridgehead atoms. The Morgan fingerprint density at radius 2 is 2.00 bits per heavy atom. The largest absolute Gasteiger partial charge is 0.411 e. The van der Waals surface area contributed by atoms with Gasteiger partial charge in [0.25, 0.3) is 5.22 Å². The van der Waals surface area contributed by atoms with Gasteiger partial charge in [0.15, 0.2) is 0 Å². The van der Waals surface area contributed by atoms with Crippen molar-refractivity contribution in [2.45, 2.75) is 35.6 Å². The fraction of sp³-hybridized carbons (Fsp3) is 0.286. The summed E-state index contributed by atoms with van der Waals surface area (Å²) in [4.78, 5) is 16.0. The molecule has 4 rings (SSSR count). The number of nitrogens with zero attached hydrogens (tertiary/aromatic N) is 3. The molecule has 1 unspecified atom stereocenters. The van der Waals surface area contributed by atoms with Crippen molar-refractivity contribution in [3.8, 4) is 11.5 Å². The summed E-state index contributed by atoms with van der Waals surface area (Å²) in [5.41, 5.74) is 2.99. The first-order valence-electron chi connectivity index (χ1n) is 9.20. The summed E-state index contributed by atoms with van der Waals surface area (Å²) in [5, 5.41) is 9.13. The van der Waals surface area contributed by atoms with Crippen LogP contribution >= 0.6 is 23.5 Å². The molecule has 0 aliphatic carbocycles. The van der Waals surface area contributed by atoms with Crippen molar-refractivity contribution in [2.24, 2.45) is 0 Å². The highest BCUT2D eigenvalue weighted by molar-refractivity contribution is 8.00. The number of hydrogen-bond donors (Lipinski definition) is 0. The van der Waals surface area contributed by atoms with Crippen molar-refractivity contribution in [2.75, 3.05) is 17.2 Å². The van der Waals surface area contributed by atoms with Crippen LogP contribution in [0.3, 0.4) is 0 Å². The van der Waals surface area contributed by atoms with E-state index in [2.05, 4.69) is 23.2 Å². The van der Waals surface area contributed by atoms with Gasteiger partial charge in [-0.2, -0.15) is 0 Å². The third kappa shape index (κ3) is 4.10. The summed E-state index contributed by atoms with van der Waals surface area (Å²) in [6.07, 6.45) is 0.966. The van der Waals surface area contributed by atoms with Crippen LogP contribution in [0.5, 0.6) is 0 Å². The first-order chi connectivity index (χ1) is 13.6. The third-order valence-electron chi connectivity index (χ3n) is 4.65. The Hall–Kier alpha value is -2.25. The predicted octanol–water partition coefficient (Wildman–Crippen LogP) is 5.05. The lowest BCUT2D eigenvalue weighted by Crippen LogP contribution is -2.33. The first-order valence-corrected chi connectivity index (χ1v) is 11.1. The molecule has 0 radical (unpaired) electrons. The number of rotatable bonds is 4. The van der Waals surface area contributed by atoms with Crippen LogP contribution in [0.2, 0.25) is 0 Å². The highest BCUT2D eigenvalue weighted by Crippen LogP contribution is 2.37. The van der Waals surface area contributed by atoms with Crippen LogP contribution < -0.4 is 4.90 Å². The molecule has 7 heteroatoms. The van der Waals surface area contributed by atoms with E-state index in [4.69, 9.17) is 4.42 Å². The van der Waals surface area contributed by atoms with Gasteiger partial charge in [0.05, 0.1) is 11.4 Å². The minimum Gasteiger partial charge on any atom is -0.411 e. The van der Waals surface area contributed by atoms with Gasteiger partial charge < -0.3 is 9.32 Å². The zero-order valence-corrected chi connectivity index (χ0v) is 17.4. The fourth-order valence-corrected chi connectivity index (χ4v) is 4.89. The van der Waals surface area contributed by atoms with Gasteiger partial charge >= 0.3 is 0 Å². The molecule has 0 saturated heterocycles. The lowest BCUT2D eigenvalue weighted by Gasteiger charge is -2.22. The third-order valence-corrected chi connectivity index (χ3v) is 6.69. The molecule has 1 amide bonds. The van der Waals surface area contributed by atoms with Gasteiger partial charge in [-0.15, -0.1) is 22.0 Å². The first kappa shape index (κ1) is 19.1. The average molecular weight is 412 g/mol. The van der Waals surface area contributed by atoms with E-state index < -0.39 is 0 Å². The van der Waals surface area contributed by atoms with Gasteiger partial charge in [-0.3, -0.25) is 4.79 Å². The quantitative estimate of drug-likeness (QED) is 0.560. The van der Waals surface area contributed by atoms with E-state index in [1.54, 1.807) is 0 Å². The number of carbonyl (C=O) groups excluding carboxylic acids is 1. The summed E-state index contributed by atoms with van der Waals surface area (Å²) < 4.78 is 5.77. The molecule has 2 aromatic carbocycles. The molecular weight excluding hydrogens is 390 g/mol. The molecule has 1 aliphatic rings. The number of hydrogen-bond acceptors (Lipinski definition) is 6. The second kappa shape index (κ2) is 8.41. The number of thioether (sulfide) groups is 2. The van der Waals surface area contributed by atoms with E-state index in [1.807, 2.05) is 66.1 Å². The average Bonchev–Trinajstić information content (AvgIpc) is 3.09. The van der Waals surface area contributed by atoms with Crippen molar-refractivity contribution >= 4 is 35.1 Å². The van der Waals surface area contributed by atoms with E-state index >= 15 is 0 Å². The maximum absolute atomic E-state index is 12.9. The molecule has 2 heterocycles. The highest BCUT2D eigenvalue weighted by atomic mass is 32.2. The minimum absolute atomic E-state index is 0.0581. The van der Waals surface area contributed by atoms with Crippen molar-refractivity contribution < 1.29 is 9.21 Å². The zero-order chi connectivity index (χ0) is 19.5. The van der Waals surface area contributed by atoms with Gasteiger partial charge in [0, 0.05) is 22.3 Å². The molecule has 1 aromatic heterocycles. The Bertz CT molecular complexity index is 989. The summed E-state index contributed by atoms with van der Waals surface area (Å²) in [7, 11) is 0. The number of aryl methyl sites for hydroxylation is 1. The van der Waals surface area contributed by atoms with Crippen LogP contribution in [0, 0.1) is 6.92 Å². The van der Waals surface area contributed by atoms with Crippen molar-refractivity contribution in [1.82, 2.24) is 10.2 Å². The second-order valence-corrected chi connectivity index (χ2v) is 9.11. The van der Waals surface area contributed by atoms with Gasteiger partial charge in [-0.05, 0) is 37.1 Å². The Balaban J connectivity index is 1.46. The molecule has 0 fully saturated rings. The summed E-state index contributed by atoms with van der Waals surface area (Å²) in [6, 6.07) is 16.0. The number of para-hydroxylation sites is 1. The number of amides is 1. The van der Waals surface area contributed by atoms with E-state index in [0.29, 0.717) is 16.4 Å². The molecule has 1 atom stereocenters. The van der Waals surface area contributed by atoms with E-state index in [0.717, 1.165) is 34.7 Å². The lowest BCUT2D eigenvalue weighted by molar-refractivity contribution is -0.116. The molecule has 0 N–H and O–H groups in total. The molecule has 5 nitrogen and oxygen atoms in total. The number of anilines is 1. The standard InChI is InChI=1S/C21H21N3O2S2/c1-14-7-3-4-8-16(14)20-22-23-21(26-20)27-13-19(25)24-12-11-15(2)28-18-10-6-5-9-17(18)24/h3-10,15H,11-13H2,1-2H3. The smallest absolute Gasteiger partial charge is 0.277 e. The number of aromatic nitrogens is 2. The van der Waals surface area contributed by atoms with E-state index in [1.165, 1.54) is 11.8 Å². The monoisotopic (exact) mass is 411 g/mol. The van der Waals surface area contributed by atoms with Crippen LogP contribution in [-0.2, 0) is 4.79 Å². The highest BCUT2D eigenvalue weighted by Gasteiger charge is 2.24. The van der Waals surface area contributed by atoms with Gasteiger partial charge in [-0.1, -0.05) is 49.0 Å². The van der Waals surface area contributed by atoms with Gasteiger partial charge in [0.2, 0.25) is 11.8 Å². The van der Waals surface area contributed by atoms with Crippen LogP contribution in [0.4, 0.5) is 5.69 Å². The Morgan fingerprint density at radius 3 is 2.86 bits per heavy atom. The molecule has 0 saturated carbocycles. The van der Waals surface area contributed by atoms with Crippen LogP contribution in [0.1, 0.15) is 18.9 Å². The van der Waals surface area contributed by atoms with E-state index in [-0.39, 0.29) is 11.7 Å². The van der Waals surface area contributed by atoms with Crippen molar-refractivity contribution in [3.63, 3.8) is 0 Å². The normalized spacial score (nSPS) is 16.5. The summed E-state index contributed by atoms with van der Waals surface area (Å²) >= 11 is 3.12. The lowest BCUT2D eigenvalue weighted by atomic mass is 10.1. The maximum Gasteiger partial charge on any atom is 0.277 e. The van der Waals surface area contributed by atoms with Gasteiger partial charge in [0.1, 0.15) is 0 Å². The van der Waals surface area contributed by atoms with Crippen LogP contribution in [-0.4, -0.2) is 33.7 Å². The molecule has 3 aromatic rings. The van der Waals surface area contributed by atoms with Crippen molar-refractivity contribution in [1.29, 1.82) is 0 Å². The number of carbonyl (C=O) groups is 1. The van der Waals surface area contributed by atoms with E-state index in [9.17, 15) is 4.79 Å². The summed E-state index contributed by atoms with van der Waals surface area (Å²) in [5.74, 6) is 0.809. The van der Waals surface area contributed by atoms with Crippen molar-refractivity contribution in [3.05, 3.63) is 54.1 Å². The fourth-order valence-electron chi connectivity index (χ4n) is 3.14. The van der Waals surface area contributed by atoms with Gasteiger partial charge in [-0.25, -0.2) is 0 Å². The Labute approximate surface area is 172 Å². The Morgan fingerprint density at radius 1 is 1.21 bits per heavy atom. The van der Waals surface area contributed by atoms with Crippen LogP contribution in [0.15, 0.2) is 63.1 Å². The van der Waals surface area contributed by atoms with Crippen LogP contribution in [0.25, 0.3) is 11.5 Å². The zero-order valence-electron chi connectivity index (χ0n) is 15.8. The summed E-state index contributed by atoms with van der Waals surface area (Å²) in [6.45, 7) is 4.93. The second-order valence-electron chi connectivity index (χ2n) is 6.71. The number of fused-ring (bicyclic) bond motifs is 1. The predicted molar refractivity (Wildman–Crippen MR) is 114 cm³/mol. The molecular formula is C21H21N3O2S2. The molecule has 28 heavy (non-hydrogen) atoms. The SMILES string of the molecule is Cc1ccccc1-c1nnc(SCC(=O)N2CCC(C)Sc3ccccc32)o1. The number of benzene rings is 2. The minimum atomic E-state index is 0.0581. The molecule has 1 aliphatic heterocycles. The maximum atomic E-state index is 12.9. The topological polar surface area (TPSA) is 59.2 Å². The molecule has 0 spiro atoms. The Kier molecular flexibility index (Phi) is 5.73. The molecule has 144 valence electrons.